The van der Waals surface area contributed by atoms with Gasteiger partial charge in [0, 0.05) is 17.8 Å². The molecule has 4 rings (SSSR count). The Morgan fingerprint density at radius 2 is 1.67 bits per heavy atom. The summed E-state index contributed by atoms with van der Waals surface area (Å²) in [5.41, 5.74) is -1.34. The number of carbonyl (C=O) groups excluding carboxylic acids is 2. The first-order valence-corrected chi connectivity index (χ1v) is 10.1. The monoisotopic (exact) mass is 332 g/mol. The van der Waals surface area contributed by atoms with Crippen LogP contribution >= 0.6 is 0 Å². The number of hydrogen-bond acceptors (Lipinski definition) is 3. The highest BCUT2D eigenvalue weighted by Gasteiger charge is 2.64. The molecule has 0 aromatic heterocycles. The van der Waals surface area contributed by atoms with Crippen molar-refractivity contribution in [2.45, 2.75) is 77.7 Å². The van der Waals surface area contributed by atoms with E-state index >= 15 is 0 Å². The largest absolute Gasteiger partial charge is 0.382 e. The second-order valence-electron chi connectivity index (χ2n) is 9.54. The van der Waals surface area contributed by atoms with Crippen molar-refractivity contribution in [1.82, 2.24) is 0 Å². The molecule has 4 aliphatic rings. The summed E-state index contributed by atoms with van der Waals surface area (Å²) in [6.07, 6.45) is 7.97. The number of aliphatic hydroxyl groups is 1. The fourth-order valence-corrected chi connectivity index (χ4v) is 7.60. The lowest BCUT2D eigenvalue weighted by molar-refractivity contribution is -0.162. The highest BCUT2D eigenvalue weighted by atomic mass is 16.3. The third-order valence-corrected chi connectivity index (χ3v) is 9.03. The average molecular weight is 332 g/mol. The molecular formula is C21H32O3. The molecule has 0 spiro atoms. The van der Waals surface area contributed by atoms with Crippen LogP contribution in [0.4, 0.5) is 0 Å². The van der Waals surface area contributed by atoms with Gasteiger partial charge < -0.3 is 5.11 Å². The minimum atomic E-state index is -1.10. The smallest absolute Gasteiger partial charge is 0.161 e. The molecule has 4 aliphatic carbocycles. The third-order valence-electron chi connectivity index (χ3n) is 9.03. The second kappa shape index (κ2) is 5.40. The molecule has 0 radical (unpaired) electrons. The van der Waals surface area contributed by atoms with Gasteiger partial charge in [-0.15, -0.1) is 0 Å². The maximum atomic E-state index is 12.2. The SMILES string of the molecule is CC(=O)[C@@]1(O)CCC2C3CCC4C(CCC(=O)[C@H]4C)C3CCC21C. The Hall–Kier alpha value is -0.700. The normalized spacial score (nSPS) is 53.9. The zero-order valence-corrected chi connectivity index (χ0v) is 15.4. The number of carbonyl (C=O) groups is 2. The van der Waals surface area contributed by atoms with E-state index in [1.807, 2.05) is 0 Å². The van der Waals surface area contributed by atoms with Crippen LogP contribution in [0.3, 0.4) is 0 Å². The molecule has 134 valence electrons. The Morgan fingerprint density at radius 1 is 1.00 bits per heavy atom. The van der Waals surface area contributed by atoms with Crippen LogP contribution in [0.5, 0.6) is 0 Å². The van der Waals surface area contributed by atoms with E-state index in [9.17, 15) is 14.7 Å². The van der Waals surface area contributed by atoms with Gasteiger partial charge in [-0.05, 0) is 81.5 Å². The summed E-state index contributed by atoms with van der Waals surface area (Å²) in [5.74, 6) is 3.83. The summed E-state index contributed by atoms with van der Waals surface area (Å²) in [6.45, 7) is 5.91. The summed E-state index contributed by atoms with van der Waals surface area (Å²) in [5, 5.41) is 11.1. The van der Waals surface area contributed by atoms with E-state index in [1.54, 1.807) is 6.92 Å². The van der Waals surface area contributed by atoms with Crippen LogP contribution in [0.2, 0.25) is 0 Å². The van der Waals surface area contributed by atoms with E-state index in [2.05, 4.69) is 13.8 Å². The van der Waals surface area contributed by atoms with Crippen molar-refractivity contribution >= 4 is 11.6 Å². The van der Waals surface area contributed by atoms with Gasteiger partial charge in [0.1, 0.15) is 11.4 Å². The summed E-state index contributed by atoms with van der Waals surface area (Å²) >= 11 is 0. The highest BCUT2D eigenvalue weighted by molar-refractivity contribution is 5.86. The summed E-state index contributed by atoms with van der Waals surface area (Å²) in [7, 11) is 0. The topological polar surface area (TPSA) is 54.4 Å². The number of hydrogen-bond donors (Lipinski definition) is 1. The Labute approximate surface area is 145 Å². The molecule has 0 heterocycles. The lowest BCUT2D eigenvalue weighted by Gasteiger charge is -2.57. The number of ketones is 2. The lowest BCUT2D eigenvalue weighted by atomic mass is 9.48. The van der Waals surface area contributed by atoms with Gasteiger partial charge in [0.15, 0.2) is 5.78 Å². The number of rotatable bonds is 1. The average Bonchev–Trinajstić information content (AvgIpc) is 2.83. The van der Waals surface area contributed by atoms with Crippen LogP contribution in [0.1, 0.15) is 72.1 Å². The standard InChI is InChI=1S/C21H32O3/c1-12-14-4-5-17-16(15(14)6-7-19(12)23)8-10-20(3)18(17)9-11-21(20,24)13(2)22/h12,14-18,24H,4-11H2,1-3H3/t12-,14?,15?,16?,17?,18?,20?,21-/m0/s1. The van der Waals surface area contributed by atoms with Crippen LogP contribution in [-0.4, -0.2) is 22.3 Å². The van der Waals surface area contributed by atoms with E-state index in [-0.39, 0.29) is 17.1 Å². The van der Waals surface area contributed by atoms with Crippen molar-refractivity contribution in [2.24, 2.45) is 40.9 Å². The van der Waals surface area contributed by atoms with E-state index in [0.717, 1.165) is 32.1 Å². The van der Waals surface area contributed by atoms with E-state index in [0.29, 0.717) is 41.8 Å². The zero-order chi connectivity index (χ0) is 17.3. The summed E-state index contributed by atoms with van der Waals surface area (Å²) in [4.78, 5) is 24.3. The van der Waals surface area contributed by atoms with E-state index in [4.69, 9.17) is 0 Å². The first kappa shape index (κ1) is 16.8. The van der Waals surface area contributed by atoms with Gasteiger partial charge >= 0.3 is 0 Å². The van der Waals surface area contributed by atoms with E-state index in [1.165, 1.54) is 12.8 Å². The highest BCUT2D eigenvalue weighted by Crippen LogP contribution is 2.65. The number of fused-ring (bicyclic) bond motifs is 5. The van der Waals surface area contributed by atoms with Gasteiger partial charge in [-0.2, -0.15) is 0 Å². The van der Waals surface area contributed by atoms with Crippen molar-refractivity contribution in [3.8, 4) is 0 Å². The van der Waals surface area contributed by atoms with Crippen molar-refractivity contribution in [1.29, 1.82) is 0 Å². The fraction of sp³-hybridized carbons (Fsp3) is 0.905. The fourth-order valence-electron chi connectivity index (χ4n) is 7.60. The number of Topliss-reactive ketones (excluding diaryl/α,β-unsaturated/α-hetero) is 2. The summed E-state index contributed by atoms with van der Waals surface area (Å²) in [6, 6.07) is 0. The molecular weight excluding hydrogens is 300 g/mol. The van der Waals surface area contributed by atoms with Gasteiger partial charge in [0.2, 0.25) is 0 Å². The van der Waals surface area contributed by atoms with Crippen molar-refractivity contribution in [2.75, 3.05) is 0 Å². The Morgan fingerprint density at radius 3 is 2.38 bits per heavy atom. The van der Waals surface area contributed by atoms with Gasteiger partial charge in [0.25, 0.3) is 0 Å². The zero-order valence-electron chi connectivity index (χ0n) is 15.4. The van der Waals surface area contributed by atoms with E-state index < -0.39 is 5.60 Å². The quantitative estimate of drug-likeness (QED) is 0.795. The molecule has 24 heavy (non-hydrogen) atoms. The van der Waals surface area contributed by atoms with Crippen molar-refractivity contribution < 1.29 is 14.7 Å². The molecule has 0 saturated heterocycles. The van der Waals surface area contributed by atoms with Gasteiger partial charge in [-0.1, -0.05) is 13.8 Å². The molecule has 0 aromatic rings. The predicted molar refractivity (Wildman–Crippen MR) is 92.3 cm³/mol. The first-order chi connectivity index (χ1) is 11.3. The van der Waals surface area contributed by atoms with Crippen LogP contribution in [0.15, 0.2) is 0 Å². The molecule has 8 atom stereocenters. The Balaban J connectivity index is 1.62. The maximum Gasteiger partial charge on any atom is 0.161 e. The lowest BCUT2D eigenvalue weighted by Crippen LogP contribution is -2.56. The molecule has 0 aromatic carbocycles. The first-order valence-electron chi connectivity index (χ1n) is 10.1. The van der Waals surface area contributed by atoms with Crippen LogP contribution in [0, 0.1) is 40.9 Å². The van der Waals surface area contributed by atoms with Crippen molar-refractivity contribution in [3.05, 3.63) is 0 Å². The Bertz CT molecular complexity index is 569. The third kappa shape index (κ3) is 2.00. The molecule has 0 amide bonds. The molecule has 3 heteroatoms. The minimum absolute atomic E-state index is 0.0310. The molecule has 1 N–H and O–H groups in total. The Kier molecular flexibility index (Phi) is 3.77. The van der Waals surface area contributed by atoms with Gasteiger partial charge in [0.05, 0.1) is 0 Å². The molecule has 3 nitrogen and oxygen atoms in total. The summed E-state index contributed by atoms with van der Waals surface area (Å²) < 4.78 is 0. The second-order valence-corrected chi connectivity index (χ2v) is 9.54. The van der Waals surface area contributed by atoms with Crippen LogP contribution in [-0.2, 0) is 9.59 Å². The van der Waals surface area contributed by atoms with Gasteiger partial charge in [-0.3, -0.25) is 9.59 Å². The molecule has 6 unspecified atom stereocenters. The molecule has 4 fully saturated rings. The predicted octanol–water partition coefficient (Wildman–Crippen LogP) is 3.77. The minimum Gasteiger partial charge on any atom is -0.382 e. The van der Waals surface area contributed by atoms with Crippen molar-refractivity contribution in [3.63, 3.8) is 0 Å². The molecule has 0 aliphatic heterocycles. The molecule has 4 saturated carbocycles. The van der Waals surface area contributed by atoms with Crippen LogP contribution < -0.4 is 0 Å². The maximum absolute atomic E-state index is 12.2. The van der Waals surface area contributed by atoms with Crippen LogP contribution in [0.25, 0.3) is 0 Å². The molecule has 0 bridgehead atoms. The van der Waals surface area contributed by atoms with Gasteiger partial charge in [-0.25, -0.2) is 0 Å².